The average Bonchev–Trinajstić information content (AvgIpc) is 2.12. The van der Waals surface area contributed by atoms with Gasteiger partial charge < -0.3 is 16.2 Å². The fourth-order valence-electron chi connectivity index (χ4n) is 0.907. The van der Waals surface area contributed by atoms with Crippen molar-refractivity contribution in [3.63, 3.8) is 0 Å². The first-order valence-corrected chi connectivity index (χ1v) is 4.19. The van der Waals surface area contributed by atoms with Crippen LogP contribution in [0.1, 0.15) is 6.42 Å². The Morgan fingerprint density at radius 1 is 1.77 bits per heavy atom. The van der Waals surface area contributed by atoms with Gasteiger partial charge in [-0.15, -0.1) is 0 Å². The molecule has 5 N–H and O–H groups in total. The Bertz CT molecular complexity index is 217. The SMILES string of the molecule is NC1CN=C(NCCCO)NC1=O. The van der Waals surface area contributed by atoms with E-state index in [0.29, 0.717) is 25.5 Å². The zero-order chi connectivity index (χ0) is 9.68. The van der Waals surface area contributed by atoms with Crippen LogP contribution < -0.4 is 16.4 Å². The van der Waals surface area contributed by atoms with E-state index in [0.717, 1.165) is 0 Å². The molecule has 0 fully saturated rings. The van der Waals surface area contributed by atoms with Crippen LogP contribution in [0.25, 0.3) is 0 Å². The van der Waals surface area contributed by atoms with Crippen molar-refractivity contribution in [2.24, 2.45) is 10.7 Å². The van der Waals surface area contributed by atoms with Gasteiger partial charge in [-0.2, -0.15) is 0 Å². The van der Waals surface area contributed by atoms with Crippen LogP contribution in [-0.2, 0) is 4.79 Å². The fraction of sp³-hybridized carbons (Fsp3) is 0.714. The smallest absolute Gasteiger partial charge is 0.245 e. The number of carbonyl (C=O) groups is 1. The fourth-order valence-corrected chi connectivity index (χ4v) is 0.907. The topological polar surface area (TPSA) is 99.7 Å². The summed E-state index contributed by atoms with van der Waals surface area (Å²) in [5.41, 5.74) is 5.41. The van der Waals surface area contributed by atoms with Gasteiger partial charge in [-0.1, -0.05) is 0 Å². The highest BCUT2D eigenvalue weighted by Gasteiger charge is 2.19. The van der Waals surface area contributed by atoms with Gasteiger partial charge in [0.25, 0.3) is 0 Å². The second kappa shape index (κ2) is 4.78. The predicted octanol–water partition coefficient (Wildman–Crippen LogP) is -2.23. The Hall–Kier alpha value is -1.14. The summed E-state index contributed by atoms with van der Waals surface area (Å²) in [5, 5.41) is 13.9. The minimum Gasteiger partial charge on any atom is -0.396 e. The molecular formula is C7H14N4O2. The molecule has 0 saturated carbocycles. The molecule has 0 bridgehead atoms. The Morgan fingerprint density at radius 2 is 2.54 bits per heavy atom. The highest BCUT2D eigenvalue weighted by atomic mass is 16.3. The van der Waals surface area contributed by atoms with Crippen LogP contribution in [-0.4, -0.2) is 42.7 Å². The zero-order valence-corrected chi connectivity index (χ0v) is 7.29. The summed E-state index contributed by atoms with van der Waals surface area (Å²) in [5.74, 6) is 0.224. The number of hydrogen-bond acceptors (Lipinski definition) is 5. The average molecular weight is 186 g/mol. The third-order valence-electron chi connectivity index (χ3n) is 1.65. The number of amides is 1. The molecule has 1 aliphatic heterocycles. The standard InChI is InChI=1S/C7H14N4O2/c8-5-4-10-7(11-6(5)13)9-2-1-3-12/h5,12H,1-4,8H2,(H2,9,10,11,13). The van der Waals surface area contributed by atoms with E-state index >= 15 is 0 Å². The monoisotopic (exact) mass is 186 g/mol. The second-order valence-electron chi connectivity index (χ2n) is 2.79. The van der Waals surface area contributed by atoms with Crippen molar-refractivity contribution in [3.05, 3.63) is 0 Å². The maximum absolute atomic E-state index is 11.0. The van der Waals surface area contributed by atoms with E-state index in [1.807, 2.05) is 0 Å². The van der Waals surface area contributed by atoms with Gasteiger partial charge in [-0.25, -0.2) is 0 Å². The van der Waals surface area contributed by atoms with Crippen molar-refractivity contribution in [2.75, 3.05) is 19.7 Å². The first-order valence-electron chi connectivity index (χ1n) is 4.19. The number of hydrogen-bond donors (Lipinski definition) is 4. The van der Waals surface area contributed by atoms with Crippen LogP contribution in [0.2, 0.25) is 0 Å². The molecule has 1 heterocycles. The summed E-state index contributed by atoms with van der Waals surface area (Å²) >= 11 is 0. The Kier molecular flexibility index (Phi) is 3.66. The molecule has 0 aromatic carbocycles. The lowest BCUT2D eigenvalue weighted by molar-refractivity contribution is -0.121. The number of aliphatic hydroxyl groups is 1. The molecule has 1 atom stereocenters. The van der Waals surface area contributed by atoms with Gasteiger partial charge in [0, 0.05) is 13.2 Å². The molecule has 0 aliphatic carbocycles. The Labute approximate surface area is 76.2 Å². The third kappa shape index (κ3) is 3.00. The third-order valence-corrected chi connectivity index (χ3v) is 1.65. The van der Waals surface area contributed by atoms with Crippen LogP contribution in [0.15, 0.2) is 4.99 Å². The van der Waals surface area contributed by atoms with Gasteiger partial charge in [0.15, 0.2) is 5.96 Å². The lowest BCUT2D eigenvalue weighted by atomic mass is 10.3. The van der Waals surface area contributed by atoms with E-state index in [1.165, 1.54) is 0 Å². The molecule has 0 saturated heterocycles. The Balaban J connectivity index is 2.31. The molecule has 0 radical (unpaired) electrons. The van der Waals surface area contributed by atoms with Gasteiger partial charge >= 0.3 is 0 Å². The maximum Gasteiger partial charge on any atom is 0.245 e. The van der Waals surface area contributed by atoms with E-state index < -0.39 is 6.04 Å². The molecule has 13 heavy (non-hydrogen) atoms. The molecule has 1 aliphatic rings. The molecule has 6 nitrogen and oxygen atoms in total. The molecule has 74 valence electrons. The maximum atomic E-state index is 11.0. The van der Waals surface area contributed by atoms with Crippen molar-refractivity contribution < 1.29 is 9.90 Å². The largest absolute Gasteiger partial charge is 0.396 e. The number of rotatable bonds is 3. The molecule has 1 rings (SSSR count). The summed E-state index contributed by atoms with van der Waals surface area (Å²) < 4.78 is 0. The van der Waals surface area contributed by atoms with Gasteiger partial charge in [0.05, 0.1) is 6.54 Å². The minimum absolute atomic E-state index is 0.119. The number of nitrogens with one attached hydrogen (secondary N) is 2. The van der Waals surface area contributed by atoms with Crippen LogP contribution in [0.3, 0.4) is 0 Å². The van der Waals surface area contributed by atoms with Gasteiger partial charge in [0.1, 0.15) is 6.04 Å². The van der Waals surface area contributed by atoms with E-state index in [4.69, 9.17) is 10.8 Å². The number of guanidine groups is 1. The summed E-state index contributed by atoms with van der Waals surface area (Å²) in [6.45, 7) is 1.02. The summed E-state index contributed by atoms with van der Waals surface area (Å²) in [7, 11) is 0. The number of aliphatic hydroxyl groups excluding tert-OH is 1. The second-order valence-corrected chi connectivity index (χ2v) is 2.79. The molecule has 1 unspecified atom stereocenters. The summed E-state index contributed by atoms with van der Waals surface area (Å²) in [6, 6.07) is -0.539. The van der Waals surface area contributed by atoms with Crippen molar-refractivity contribution in [1.82, 2.24) is 10.6 Å². The van der Waals surface area contributed by atoms with Crippen LogP contribution in [0.5, 0.6) is 0 Å². The van der Waals surface area contributed by atoms with Crippen LogP contribution in [0, 0.1) is 0 Å². The number of nitrogens with zero attached hydrogens (tertiary/aromatic N) is 1. The molecule has 0 aromatic rings. The number of nitrogens with two attached hydrogens (primary N) is 1. The van der Waals surface area contributed by atoms with E-state index in [2.05, 4.69) is 15.6 Å². The van der Waals surface area contributed by atoms with Crippen LogP contribution >= 0.6 is 0 Å². The van der Waals surface area contributed by atoms with Crippen molar-refractivity contribution in [2.45, 2.75) is 12.5 Å². The van der Waals surface area contributed by atoms with Gasteiger partial charge in [0.2, 0.25) is 5.91 Å². The summed E-state index contributed by atoms with van der Waals surface area (Å²) in [6.07, 6.45) is 0.626. The number of aliphatic imine (C=N–C) groups is 1. The summed E-state index contributed by atoms with van der Waals surface area (Å²) in [4.78, 5) is 15.0. The van der Waals surface area contributed by atoms with E-state index in [-0.39, 0.29) is 12.5 Å². The number of carbonyl (C=O) groups excluding carboxylic acids is 1. The normalized spacial score (nSPS) is 22.2. The highest BCUT2D eigenvalue weighted by molar-refractivity contribution is 6.01. The zero-order valence-electron chi connectivity index (χ0n) is 7.29. The highest BCUT2D eigenvalue weighted by Crippen LogP contribution is 1.89. The van der Waals surface area contributed by atoms with Crippen molar-refractivity contribution in [1.29, 1.82) is 0 Å². The molecule has 0 aromatic heterocycles. The van der Waals surface area contributed by atoms with Crippen molar-refractivity contribution in [3.8, 4) is 0 Å². The quantitative estimate of drug-likeness (QED) is 0.375. The first-order chi connectivity index (χ1) is 6.24. The lowest BCUT2D eigenvalue weighted by Crippen LogP contribution is -2.53. The van der Waals surface area contributed by atoms with E-state index in [9.17, 15) is 4.79 Å². The molecule has 1 amide bonds. The van der Waals surface area contributed by atoms with Gasteiger partial charge in [-0.05, 0) is 6.42 Å². The molecule has 0 spiro atoms. The first kappa shape index (κ1) is 9.94. The molecular weight excluding hydrogens is 172 g/mol. The van der Waals surface area contributed by atoms with Crippen LogP contribution in [0.4, 0.5) is 0 Å². The van der Waals surface area contributed by atoms with Crippen molar-refractivity contribution >= 4 is 11.9 Å². The predicted molar refractivity (Wildman–Crippen MR) is 48.1 cm³/mol. The molecule has 6 heteroatoms. The lowest BCUT2D eigenvalue weighted by Gasteiger charge is -2.18. The van der Waals surface area contributed by atoms with E-state index in [1.54, 1.807) is 0 Å². The minimum atomic E-state index is -0.539. The van der Waals surface area contributed by atoms with Gasteiger partial charge in [-0.3, -0.25) is 15.1 Å². The Morgan fingerprint density at radius 3 is 3.15 bits per heavy atom.